The number of piperidine rings is 1. The number of amides is 1. The summed E-state index contributed by atoms with van der Waals surface area (Å²) < 4.78 is 54.9. The average molecular weight is 597 g/mol. The van der Waals surface area contributed by atoms with Gasteiger partial charge in [0.15, 0.2) is 0 Å². The predicted molar refractivity (Wildman–Crippen MR) is 150 cm³/mol. The van der Waals surface area contributed by atoms with Gasteiger partial charge in [-0.15, -0.1) is 0 Å². The first-order chi connectivity index (χ1) is 17.9. The molecule has 0 spiro atoms. The van der Waals surface area contributed by atoms with E-state index in [-0.39, 0.29) is 41.3 Å². The fraction of sp³-hybridized carbons (Fsp3) is 0.269. The molecule has 1 fully saturated rings. The van der Waals surface area contributed by atoms with Crippen molar-refractivity contribution in [1.82, 2.24) is 4.31 Å². The van der Waals surface area contributed by atoms with Crippen LogP contribution in [0, 0.1) is 12.8 Å². The number of hydrogen-bond acceptors (Lipinski definition) is 5. The van der Waals surface area contributed by atoms with Gasteiger partial charge in [0, 0.05) is 34.7 Å². The normalized spacial score (nSPS) is 15.2. The van der Waals surface area contributed by atoms with Gasteiger partial charge in [0.1, 0.15) is 0 Å². The van der Waals surface area contributed by atoms with Crippen LogP contribution in [-0.2, 0) is 30.6 Å². The molecule has 1 heterocycles. The third kappa shape index (κ3) is 7.27. The van der Waals surface area contributed by atoms with Crippen molar-refractivity contribution in [2.75, 3.05) is 23.1 Å². The third-order valence-electron chi connectivity index (χ3n) is 6.23. The van der Waals surface area contributed by atoms with Crippen LogP contribution in [0.2, 0.25) is 10.0 Å². The molecule has 2 N–H and O–H groups in total. The predicted octanol–water partition coefficient (Wildman–Crippen LogP) is 5.28. The summed E-state index contributed by atoms with van der Waals surface area (Å²) in [7, 11) is -7.38. The first-order valence-electron chi connectivity index (χ1n) is 11.8. The summed E-state index contributed by atoms with van der Waals surface area (Å²) in [5.41, 5.74) is 2.46. The largest absolute Gasteiger partial charge is 0.326 e. The topological polar surface area (TPSA) is 113 Å². The molecule has 0 bridgehead atoms. The number of carbonyl (C=O) groups is 1. The van der Waals surface area contributed by atoms with Crippen molar-refractivity contribution in [1.29, 1.82) is 0 Å². The number of sulfonamides is 2. The SMILES string of the molecule is Cc1ccc(CS(=O)(=O)N2CCC(C(=O)Nc3ccc(S(=O)(=O)Nc4cc(Cl)cc(Cl)c4)cc3)CC2)cc1. The molecule has 1 amide bonds. The van der Waals surface area contributed by atoms with E-state index in [1.54, 1.807) is 0 Å². The molecule has 38 heavy (non-hydrogen) atoms. The summed E-state index contributed by atoms with van der Waals surface area (Å²) in [6, 6.07) is 17.5. The van der Waals surface area contributed by atoms with Gasteiger partial charge in [-0.25, -0.2) is 21.1 Å². The number of hydrogen-bond donors (Lipinski definition) is 2. The zero-order valence-corrected chi connectivity index (χ0v) is 23.7. The van der Waals surface area contributed by atoms with Gasteiger partial charge in [-0.3, -0.25) is 9.52 Å². The second kappa shape index (κ2) is 11.6. The Kier molecular flexibility index (Phi) is 8.68. The number of aryl methyl sites for hydroxylation is 1. The number of benzene rings is 3. The van der Waals surface area contributed by atoms with Crippen molar-refractivity contribution in [2.24, 2.45) is 5.92 Å². The molecule has 0 aliphatic carbocycles. The Balaban J connectivity index is 1.32. The molecule has 0 aromatic heterocycles. The Bertz CT molecular complexity index is 1500. The highest BCUT2D eigenvalue weighted by molar-refractivity contribution is 7.92. The highest BCUT2D eigenvalue weighted by atomic mass is 35.5. The summed E-state index contributed by atoms with van der Waals surface area (Å²) in [5, 5.41) is 3.39. The van der Waals surface area contributed by atoms with Crippen LogP contribution in [0.4, 0.5) is 11.4 Å². The second-order valence-corrected chi connectivity index (χ2v) is 13.7. The molecule has 8 nitrogen and oxygen atoms in total. The van der Waals surface area contributed by atoms with E-state index in [9.17, 15) is 21.6 Å². The van der Waals surface area contributed by atoms with Crippen molar-refractivity contribution < 1.29 is 21.6 Å². The van der Waals surface area contributed by atoms with Gasteiger partial charge in [-0.1, -0.05) is 53.0 Å². The molecule has 1 aliphatic heterocycles. The summed E-state index contributed by atoms with van der Waals surface area (Å²) in [6.45, 7) is 2.48. The van der Waals surface area contributed by atoms with E-state index in [2.05, 4.69) is 10.0 Å². The molecular weight excluding hydrogens is 569 g/mol. The molecule has 1 aliphatic rings. The Labute approximate surface area is 233 Å². The maximum absolute atomic E-state index is 12.8. The van der Waals surface area contributed by atoms with Crippen LogP contribution < -0.4 is 10.0 Å². The second-order valence-electron chi connectivity index (χ2n) is 9.19. The zero-order valence-electron chi connectivity index (χ0n) is 20.5. The first kappa shape index (κ1) is 28.4. The van der Waals surface area contributed by atoms with E-state index in [0.717, 1.165) is 11.1 Å². The van der Waals surface area contributed by atoms with Gasteiger partial charge in [0.05, 0.1) is 16.3 Å². The van der Waals surface area contributed by atoms with Gasteiger partial charge in [-0.05, 0) is 67.8 Å². The van der Waals surface area contributed by atoms with E-state index < -0.39 is 20.0 Å². The summed E-state index contributed by atoms with van der Waals surface area (Å²) in [5.74, 6) is -0.653. The molecule has 3 aromatic carbocycles. The Morgan fingerprint density at radius 2 is 1.45 bits per heavy atom. The molecule has 0 radical (unpaired) electrons. The van der Waals surface area contributed by atoms with E-state index in [1.165, 1.54) is 46.8 Å². The highest BCUT2D eigenvalue weighted by Crippen LogP contribution is 2.26. The molecule has 1 saturated heterocycles. The van der Waals surface area contributed by atoms with Gasteiger partial charge in [0.25, 0.3) is 10.0 Å². The van der Waals surface area contributed by atoms with Crippen LogP contribution in [0.15, 0.2) is 71.6 Å². The van der Waals surface area contributed by atoms with Crippen molar-refractivity contribution in [3.8, 4) is 0 Å². The molecule has 4 rings (SSSR count). The number of nitrogens with one attached hydrogen (secondary N) is 2. The van der Waals surface area contributed by atoms with Crippen LogP contribution in [0.1, 0.15) is 24.0 Å². The highest BCUT2D eigenvalue weighted by Gasteiger charge is 2.31. The standard InChI is InChI=1S/C26H27Cl2N3O5S2/c1-18-2-4-19(5-3-18)17-37(33,34)31-12-10-20(11-13-31)26(32)29-23-6-8-25(9-7-23)38(35,36)30-24-15-21(27)14-22(28)16-24/h2-9,14-16,20,30H,10-13,17H2,1H3,(H,29,32). The summed E-state index contributed by atoms with van der Waals surface area (Å²) in [6.07, 6.45) is 0.801. The lowest BCUT2D eigenvalue weighted by Gasteiger charge is -2.30. The molecule has 0 unspecified atom stereocenters. The van der Waals surface area contributed by atoms with Crippen molar-refractivity contribution >= 4 is 60.5 Å². The van der Waals surface area contributed by atoms with Crippen LogP contribution in [0.5, 0.6) is 0 Å². The van der Waals surface area contributed by atoms with Crippen LogP contribution in [0.25, 0.3) is 0 Å². The van der Waals surface area contributed by atoms with Gasteiger partial charge >= 0.3 is 0 Å². The number of halogens is 2. The molecule has 3 aromatic rings. The fourth-order valence-corrected chi connectivity index (χ4v) is 7.30. The first-order valence-corrected chi connectivity index (χ1v) is 15.7. The molecular formula is C26H27Cl2N3O5S2. The lowest BCUT2D eigenvalue weighted by atomic mass is 9.97. The average Bonchev–Trinajstić information content (AvgIpc) is 2.85. The molecule has 12 heteroatoms. The maximum atomic E-state index is 12.8. The lowest BCUT2D eigenvalue weighted by molar-refractivity contribution is -0.120. The summed E-state index contributed by atoms with van der Waals surface area (Å²) >= 11 is 11.9. The minimum absolute atomic E-state index is 0.00121. The number of rotatable bonds is 8. The fourth-order valence-electron chi connectivity index (χ4n) is 4.17. The Hall–Kier alpha value is -2.63. The molecule has 0 saturated carbocycles. The minimum atomic E-state index is -3.90. The Morgan fingerprint density at radius 3 is 2.03 bits per heavy atom. The summed E-state index contributed by atoms with van der Waals surface area (Å²) in [4.78, 5) is 12.8. The van der Waals surface area contributed by atoms with E-state index in [0.29, 0.717) is 28.6 Å². The quantitative estimate of drug-likeness (QED) is 0.367. The zero-order chi connectivity index (χ0) is 27.5. The monoisotopic (exact) mass is 595 g/mol. The van der Waals surface area contributed by atoms with E-state index in [1.807, 2.05) is 31.2 Å². The van der Waals surface area contributed by atoms with Crippen molar-refractivity contribution in [3.05, 3.63) is 87.9 Å². The van der Waals surface area contributed by atoms with E-state index >= 15 is 0 Å². The maximum Gasteiger partial charge on any atom is 0.261 e. The smallest absolute Gasteiger partial charge is 0.261 e. The van der Waals surface area contributed by atoms with Gasteiger partial charge < -0.3 is 5.32 Å². The molecule has 202 valence electrons. The van der Waals surface area contributed by atoms with Crippen molar-refractivity contribution in [2.45, 2.75) is 30.4 Å². The lowest BCUT2D eigenvalue weighted by Crippen LogP contribution is -2.41. The molecule has 0 atom stereocenters. The van der Waals surface area contributed by atoms with E-state index in [4.69, 9.17) is 23.2 Å². The van der Waals surface area contributed by atoms with Crippen LogP contribution >= 0.6 is 23.2 Å². The van der Waals surface area contributed by atoms with Gasteiger partial charge in [0.2, 0.25) is 15.9 Å². The van der Waals surface area contributed by atoms with Gasteiger partial charge in [-0.2, -0.15) is 0 Å². The number of carbonyl (C=O) groups excluding carboxylic acids is 1. The number of nitrogens with zero attached hydrogens (tertiary/aromatic N) is 1. The van der Waals surface area contributed by atoms with Crippen LogP contribution in [-0.4, -0.2) is 40.1 Å². The third-order valence-corrected chi connectivity index (χ3v) is 9.92. The Morgan fingerprint density at radius 1 is 0.868 bits per heavy atom. The number of anilines is 2. The minimum Gasteiger partial charge on any atom is -0.326 e. The van der Waals surface area contributed by atoms with Crippen molar-refractivity contribution in [3.63, 3.8) is 0 Å². The van der Waals surface area contributed by atoms with Crippen LogP contribution in [0.3, 0.4) is 0 Å².